The lowest BCUT2D eigenvalue weighted by Crippen LogP contribution is -2.43. The first-order chi connectivity index (χ1) is 15.6. The molecule has 1 amide bonds. The van der Waals surface area contributed by atoms with Gasteiger partial charge in [0.25, 0.3) is 0 Å². The second-order valence-corrected chi connectivity index (χ2v) is 10.7. The van der Waals surface area contributed by atoms with Gasteiger partial charge in [-0.05, 0) is 94.4 Å². The number of hydrogen-bond donors (Lipinski definition) is 0. The predicted molar refractivity (Wildman–Crippen MR) is 135 cm³/mol. The molecule has 1 spiro atoms. The number of nitrogens with zero attached hydrogens (tertiary/aromatic N) is 1. The summed E-state index contributed by atoms with van der Waals surface area (Å²) < 4.78 is 5.64. The van der Waals surface area contributed by atoms with Crippen molar-refractivity contribution in [1.29, 1.82) is 0 Å². The molecule has 4 nitrogen and oxygen atoms in total. The Morgan fingerprint density at radius 1 is 1.00 bits per heavy atom. The second-order valence-electron chi connectivity index (χ2n) is 10.7. The van der Waals surface area contributed by atoms with Crippen molar-refractivity contribution in [3.8, 4) is 0 Å². The summed E-state index contributed by atoms with van der Waals surface area (Å²) in [7, 11) is 0. The Kier molecular flexibility index (Phi) is 8.21. The molecular formula is C29H43NO3. The normalized spacial score (nSPS) is 18.5. The monoisotopic (exact) mass is 453 g/mol. The van der Waals surface area contributed by atoms with E-state index in [0.717, 1.165) is 48.8 Å². The maximum Gasteiger partial charge on any atom is 0.227 e. The number of hydrogen-bond acceptors (Lipinski definition) is 3. The summed E-state index contributed by atoms with van der Waals surface area (Å²) in [6.07, 6.45) is 5.29. The van der Waals surface area contributed by atoms with Crippen molar-refractivity contribution >= 4 is 17.3 Å². The molecule has 33 heavy (non-hydrogen) atoms. The standard InChI is InChI=1S/C29H43NO3/c1-8-22-14-21(7)15-23(9-2)27(22)28-24(16-26(32)30(19(3)4)20(5)6)17-29(18-25(28)31)10-12-33-13-11-29/h14-15,19-20H,8-13,16-18H2,1-7H3. The number of aryl methyl sites for hydroxylation is 3. The van der Waals surface area contributed by atoms with E-state index in [2.05, 4.69) is 60.6 Å². The van der Waals surface area contributed by atoms with Gasteiger partial charge < -0.3 is 9.64 Å². The van der Waals surface area contributed by atoms with Crippen molar-refractivity contribution in [2.75, 3.05) is 13.2 Å². The van der Waals surface area contributed by atoms with E-state index < -0.39 is 0 Å². The number of allylic oxidation sites excluding steroid dienone is 1. The topological polar surface area (TPSA) is 46.6 Å². The van der Waals surface area contributed by atoms with Crippen molar-refractivity contribution < 1.29 is 14.3 Å². The third kappa shape index (κ3) is 5.42. The van der Waals surface area contributed by atoms with Crippen LogP contribution in [0.4, 0.5) is 0 Å². The molecule has 0 unspecified atom stereocenters. The molecule has 3 rings (SSSR count). The zero-order valence-electron chi connectivity index (χ0n) is 21.8. The van der Waals surface area contributed by atoms with Crippen molar-refractivity contribution in [1.82, 2.24) is 4.90 Å². The molecule has 1 aliphatic carbocycles. The van der Waals surface area contributed by atoms with Crippen LogP contribution in [-0.2, 0) is 27.2 Å². The minimum atomic E-state index is -0.0572. The van der Waals surface area contributed by atoms with E-state index in [1.165, 1.54) is 16.7 Å². The molecule has 1 aliphatic heterocycles. The first-order valence-electron chi connectivity index (χ1n) is 12.9. The van der Waals surface area contributed by atoms with Crippen LogP contribution in [0.15, 0.2) is 17.7 Å². The third-order valence-electron chi connectivity index (χ3n) is 7.53. The summed E-state index contributed by atoms with van der Waals surface area (Å²) in [6.45, 7) is 16.2. The minimum absolute atomic E-state index is 0.0572. The molecule has 1 fully saturated rings. The highest BCUT2D eigenvalue weighted by Crippen LogP contribution is 2.49. The predicted octanol–water partition coefficient (Wildman–Crippen LogP) is 6.07. The summed E-state index contributed by atoms with van der Waals surface area (Å²) in [6, 6.07) is 4.72. The van der Waals surface area contributed by atoms with Crippen LogP contribution < -0.4 is 0 Å². The maximum absolute atomic E-state index is 13.9. The lowest BCUT2D eigenvalue weighted by molar-refractivity contribution is -0.134. The van der Waals surface area contributed by atoms with Gasteiger partial charge in [0.2, 0.25) is 5.91 Å². The second kappa shape index (κ2) is 10.5. The fourth-order valence-electron chi connectivity index (χ4n) is 6.12. The van der Waals surface area contributed by atoms with Crippen LogP contribution in [0.3, 0.4) is 0 Å². The van der Waals surface area contributed by atoms with Gasteiger partial charge in [-0.25, -0.2) is 0 Å². The first kappa shape index (κ1) is 25.7. The Morgan fingerprint density at radius 3 is 2.03 bits per heavy atom. The molecule has 182 valence electrons. The Morgan fingerprint density at radius 2 is 1.55 bits per heavy atom. The average Bonchev–Trinajstić information content (AvgIpc) is 2.73. The fraction of sp³-hybridized carbons (Fsp3) is 0.655. The van der Waals surface area contributed by atoms with E-state index in [9.17, 15) is 9.59 Å². The van der Waals surface area contributed by atoms with Crippen LogP contribution in [0.2, 0.25) is 0 Å². The molecule has 1 heterocycles. The van der Waals surface area contributed by atoms with Crippen LogP contribution in [0.1, 0.15) is 95.9 Å². The molecule has 0 radical (unpaired) electrons. The number of ether oxygens (including phenoxy) is 1. The van der Waals surface area contributed by atoms with Gasteiger partial charge in [0, 0.05) is 43.7 Å². The zero-order chi connectivity index (χ0) is 24.3. The molecule has 0 aromatic heterocycles. The quantitative estimate of drug-likeness (QED) is 0.503. The van der Waals surface area contributed by atoms with Gasteiger partial charge in [-0.1, -0.05) is 31.5 Å². The number of rotatable bonds is 7. The van der Waals surface area contributed by atoms with Crippen molar-refractivity contribution in [2.45, 2.75) is 105 Å². The Hall–Kier alpha value is -1.94. The summed E-state index contributed by atoms with van der Waals surface area (Å²) in [4.78, 5) is 29.4. The number of amides is 1. The van der Waals surface area contributed by atoms with Gasteiger partial charge in [0.05, 0.1) is 0 Å². The van der Waals surface area contributed by atoms with Crippen LogP contribution in [0, 0.1) is 12.3 Å². The molecule has 1 aromatic rings. The van der Waals surface area contributed by atoms with Crippen molar-refractivity contribution in [3.63, 3.8) is 0 Å². The van der Waals surface area contributed by atoms with Crippen molar-refractivity contribution in [3.05, 3.63) is 40.0 Å². The molecule has 0 saturated carbocycles. The van der Waals surface area contributed by atoms with Gasteiger partial charge in [0.15, 0.2) is 5.78 Å². The highest BCUT2D eigenvalue weighted by molar-refractivity contribution is 6.24. The highest BCUT2D eigenvalue weighted by Gasteiger charge is 2.42. The SMILES string of the molecule is CCc1cc(C)cc(CC)c1C1=C(CC(=O)N(C(C)C)C(C)C)CC2(CCOCC2)CC1=O. The van der Waals surface area contributed by atoms with Gasteiger partial charge in [-0.3, -0.25) is 9.59 Å². The van der Waals surface area contributed by atoms with Crippen molar-refractivity contribution in [2.24, 2.45) is 5.41 Å². The van der Waals surface area contributed by atoms with Crippen LogP contribution >= 0.6 is 0 Å². The Balaban J connectivity index is 2.17. The summed E-state index contributed by atoms with van der Waals surface area (Å²) in [5.41, 5.74) is 6.65. The van der Waals surface area contributed by atoms with E-state index in [1.54, 1.807) is 0 Å². The zero-order valence-corrected chi connectivity index (χ0v) is 21.8. The maximum atomic E-state index is 13.9. The van der Waals surface area contributed by atoms with E-state index >= 15 is 0 Å². The van der Waals surface area contributed by atoms with Crippen LogP contribution in [-0.4, -0.2) is 41.9 Å². The number of carbonyl (C=O) groups is 2. The fourth-order valence-corrected chi connectivity index (χ4v) is 6.12. The summed E-state index contributed by atoms with van der Waals surface area (Å²) in [5.74, 6) is 0.354. The molecule has 1 aromatic carbocycles. The number of Topliss-reactive ketones (excluding diaryl/α,β-unsaturated/α-hetero) is 1. The molecule has 0 bridgehead atoms. The minimum Gasteiger partial charge on any atom is -0.381 e. The van der Waals surface area contributed by atoms with Crippen LogP contribution in [0.25, 0.3) is 5.57 Å². The Bertz CT molecular complexity index is 886. The molecule has 4 heteroatoms. The van der Waals surface area contributed by atoms with Gasteiger partial charge >= 0.3 is 0 Å². The molecule has 2 aliphatic rings. The van der Waals surface area contributed by atoms with Gasteiger partial charge in [-0.15, -0.1) is 0 Å². The summed E-state index contributed by atoms with van der Waals surface area (Å²) in [5, 5.41) is 0. The number of benzene rings is 1. The highest BCUT2D eigenvalue weighted by atomic mass is 16.5. The number of carbonyl (C=O) groups excluding carboxylic acids is 2. The van der Waals surface area contributed by atoms with Gasteiger partial charge in [-0.2, -0.15) is 0 Å². The van der Waals surface area contributed by atoms with E-state index in [-0.39, 0.29) is 29.2 Å². The van der Waals surface area contributed by atoms with Crippen LogP contribution in [0.5, 0.6) is 0 Å². The lowest BCUT2D eigenvalue weighted by atomic mass is 9.64. The molecular weight excluding hydrogens is 410 g/mol. The Labute approximate surface area is 200 Å². The molecule has 0 atom stereocenters. The lowest BCUT2D eigenvalue weighted by Gasteiger charge is -2.42. The van der Waals surface area contributed by atoms with E-state index in [1.807, 2.05) is 4.90 Å². The smallest absolute Gasteiger partial charge is 0.227 e. The molecule has 0 N–H and O–H groups in total. The number of ketones is 1. The first-order valence-corrected chi connectivity index (χ1v) is 12.9. The summed E-state index contributed by atoms with van der Waals surface area (Å²) >= 11 is 0. The third-order valence-corrected chi connectivity index (χ3v) is 7.53. The van der Waals surface area contributed by atoms with Gasteiger partial charge in [0.1, 0.15) is 0 Å². The average molecular weight is 454 g/mol. The van der Waals surface area contributed by atoms with E-state index in [0.29, 0.717) is 26.1 Å². The molecule has 1 saturated heterocycles. The van der Waals surface area contributed by atoms with E-state index in [4.69, 9.17) is 4.74 Å². The largest absolute Gasteiger partial charge is 0.381 e.